The van der Waals surface area contributed by atoms with E-state index in [1.807, 2.05) is 0 Å². The molecule has 0 heterocycles. The summed E-state index contributed by atoms with van der Waals surface area (Å²) in [5.41, 5.74) is 4.28. The molecule has 0 aromatic heterocycles. The number of hydrogen-bond acceptors (Lipinski definition) is 0. The average Bonchev–Trinajstić information content (AvgIpc) is 2.25. The van der Waals surface area contributed by atoms with E-state index in [0.717, 1.165) is 0 Å². The maximum absolute atomic E-state index is 2.37. The Balaban J connectivity index is 3.13. The van der Waals surface area contributed by atoms with E-state index in [1.165, 1.54) is 16.7 Å². The molecule has 1 rings (SSSR count). The number of allylic oxidation sites excluding steroid dienone is 1. The summed E-state index contributed by atoms with van der Waals surface area (Å²) >= 11 is 0. The predicted octanol–water partition coefficient (Wildman–Crippen LogP) is 5.60. The Kier molecular flexibility index (Phi) is 4.99. The van der Waals surface area contributed by atoms with E-state index >= 15 is 0 Å². The second kappa shape index (κ2) is 6.05. The molecule has 0 N–H and O–H groups in total. The molecule has 0 aliphatic rings. The van der Waals surface area contributed by atoms with Crippen LogP contribution in [-0.2, 0) is 0 Å². The summed E-state index contributed by atoms with van der Waals surface area (Å²) in [5, 5.41) is 0. The Morgan fingerprint density at radius 1 is 0.882 bits per heavy atom. The molecular weight excluding hydrogens is 204 g/mol. The van der Waals surface area contributed by atoms with Crippen LogP contribution in [0.2, 0.25) is 0 Å². The number of benzene rings is 1. The fourth-order valence-corrected chi connectivity index (χ4v) is 1.90. The lowest BCUT2D eigenvalue weighted by Gasteiger charge is -2.14. The van der Waals surface area contributed by atoms with Crippen LogP contribution in [-0.4, -0.2) is 0 Å². The van der Waals surface area contributed by atoms with Gasteiger partial charge in [0.05, 0.1) is 0 Å². The lowest BCUT2D eigenvalue weighted by molar-refractivity contribution is 0.827. The van der Waals surface area contributed by atoms with E-state index in [0.29, 0.717) is 17.8 Å². The molecule has 0 aliphatic carbocycles. The van der Waals surface area contributed by atoms with Crippen molar-refractivity contribution in [3.63, 3.8) is 0 Å². The van der Waals surface area contributed by atoms with Crippen LogP contribution in [0.25, 0.3) is 6.08 Å². The molecule has 0 heteroatoms. The Morgan fingerprint density at radius 2 is 1.53 bits per heavy atom. The van der Waals surface area contributed by atoms with Gasteiger partial charge in [-0.25, -0.2) is 0 Å². The first kappa shape index (κ1) is 14.0. The second-order valence-electron chi connectivity index (χ2n) is 5.80. The topological polar surface area (TPSA) is 0 Å². The molecule has 1 aromatic carbocycles. The first-order valence-electron chi connectivity index (χ1n) is 6.73. The molecular formula is C17H26. The molecule has 17 heavy (non-hydrogen) atoms. The van der Waals surface area contributed by atoms with Crippen LogP contribution in [0.1, 0.15) is 70.1 Å². The summed E-state index contributed by atoms with van der Waals surface area (Å²) in [7, 11) is 0. The van der Waals surface area contributed by atoms with Crippen molar-refractivity contribution in [3.05, 3.63) is 41.0 Å². The van der Waals surface area contributed by atoms with Crippen molar-refractivity contribution in [2.24, 2.45) is 5.92 Å². The van der Waals surface area contributed by atoms with Gasteiger partial charge < -0.3 is 0 Å². The molecule has 0 nitrogen and oxygen atoms in total. The van der Waals surface area contributed by atoms with Gasteiger partial charge in [0.2, 0.25) is 0 Å². The average molecular weight is 230 g/mol. The molecule has 1 aromatic rings. The summed E-state index contributed by atoms with van der Waals surface area (Å²) in [6.07, 6.45) is 4.54. The highest BCUT2D eigenvalue weighted by Crippen LogP contribution is 2.26. The van der Waals surface area contributed by atoms with Crippen molar-refractivity contribution in [1.82, 2.24) is 0 Å². The molecule has 0 atom stereocenters. The fraction of sp³-hybridized carbons (Fsp3) is 0.529. The summed E-state index contributed by atoms with van der Waals surface area (Å²) < 4.78 is 0. The van der Waals surface area contributed by atoms with Gasteiger partial charge in [-0.2, -0.15) is 0 Å². The van der Waals surface area contributed by atoms with Gasteiger partial charge in [-0.1, -0.05) is 71.9 Å². The Morgan fingerprint density at radius 3 is 2.00 bits per heavy atom. The zero-order valence-electron chi connectivity index (χ0n) is 12.1. The van der Waals surface area contributed by atoms with E-state index in [-0.39, 0.29) is 0 Å². The lowest BCUT2D eigenvalue weighted by atomic mass is 9.91. The van der Waals surface area contributed by atoms with Gasteiger partial charge in [0.25, 0.3) is 0 Å². The third-order valence-corrected chi connectivity index (χ3v) is 3.06. The van der Waals surface area contributed by atoms with Crippen LogP contribution in [0.15, 0.2) is 24.3 Å². The molecule has 0 unspecified atom stereocenters. The molecule has 0 bridgehead atoms. The van der Waals surface area contributed by atoms with Crippen molar-refractivity contribution in [2.45, 2.75) is 53.4 Å². The zero-order chi connectivity index (χ0) is 13.0. The molecule has 0 saturated heterocycles. The van der Waals surface area contributed by atoms with Crippen LogP contribution < -0.4 is 0 Å². The number of hydrogen-bond donors (Lipinski definition) is 0. The van der Waals surface area contributed by atoms with E-state index in [1.54, 1.807) is 0 Å². The van der Waals surface area contributed by atoms with Crippen LogP contribution >= 0.6 is 0 Å². The van der Waals surface area contributed by atoms with Gasteiger partial charge in [0.1, 0.15) is 0 Å². The monoisotopic (exact) mass is 230 g/mol. The van der Waals surface area contributed by atoms with E-state index in [4.69, 9.17) is 0 Å². The maximum atomic E-state index is 2.37. The van der Waals surface area contributed by atoms with E-state index in [9.17, 15) is 0 Å². The smallest absolute Gasteiger partial charge is 0.0213 e. The van der Waals surface area contributed by atoms with Crippen molar-refractivity contribution in [1.29, 1.82) is 0 Å². The third kappa shape index (κ3) is 4.03. The highest BCUT2D eigenvalue weighted by Gasteiger charge is 2.07. The van der Waals surface area contributed by atoms with Gasteiger partial charge in [-0.05, 0) is 34.4 Å². The normalized spacial score (nSPS) is 12.3. The van der Waals surface area contributed by atoms with Gasteiger partial charge in [0.15, 0.2) is 0 Å². The van der Waals surface area contributed by atoms with Crippen molar-refractivity contribution < 1.29 is 0 Å². The molecule has 0 aliphatic heterocycles. The minimum Gasteiger partial charge on any atom is -0.0814 e. The van der Waals surface area contributed by atoms with Gasteiger partial charge in [0, 0.05) is 0 Å². The molecule has 0 fully saturated rings. The summed E-state index contributed by atoms with van der Waals surface area (Å²) in [5.74, 6) is 1.80. The first-order chi connectivity index (χ1) is 7.91. The summed E-state index contributed by atoms with van der Waals surface area (Å²) in [4.78, 5) is 0. The zero-order valence-corrected chi connectivity index (χ0v) is 12.1. The molecule has 0 amide bonds. The maximum Gasteiger partial charge on any atom is -0.0213 e. The second-order valence-corrected chi connectivity index (χ2v) is 5.80. The van der Waals surface area contributed by atoms with Crippen molar-refractivity contribution >= 4 is 6.08 Å². The van der Waals surface area contributed by atoms with Crippen molar-refractivity contribution in [3.8, 4) is 0 Å². The van der Waals surface area contributed by atoms with Crippen LogP contribution in [0.5, 0.6) is 0 Å². The Hall–Kier alpha value is -1.04. The molecule has 0 spiro atoms. The van der Waals surface area contributed by atoms with Gasteiger partial charge >= 0.3 is 0 Å². The fourth-order valence-electron chi connectivity index (χ4n) is 1.90. The minimum atomic E-state index is 0.584. The summed E-state index contributed by atoms with van der Waals surface area (Å²) in [6.45, 7) is 13.5. The molecule has 94 valence electrons. The molecule has 0 saturated carbocycles. The van der Waals surface area contributed by atoms with Gasteiger partial charge in [-0.15, -0.1) is 0 Å². The first-order valence-corrected chi connectivity index (χ1v) is 6.73. The SMILES string of the molecule is CC(C)C=Cc1ccc(C(C)C)cc1C(C)C. The predicted molar refractivity (Wildman–Crippen MR) is 78.5 cm³/mol. The van der Waals surface area contributed by atoms with E-state index in [2.05, 4.69) is 71.9 Å². The molecule has 0 radical (unpaired) electrons. The Bertz CT molecular complexity index is 381. The van der Waals surface area contributed by atoms with Crippen LogP contribution in [0.3, 0.4) is 0 Å². The standard InChI is InChI=1S/C17H26/c1-12(2)7-8-15-9-10-16(13(3)4)11-17(15)14(5)6/h7-14H,1-6H3. The third-order valence-electron chi connectivity index (χ3n) is 3.06. The van der Waals surface area contributed by atoms with Crippen LogP contribution in [0.4, 0.5) is 0 Å². The lowest BCUT2D eigenvalue weighted by Crippen LogP contribution is -1.96. The largest absolute Gasteiger partial charge is 0.0814 e. The summed E-state index contributed by atoms with van der Waals surface area (Å²) in [6, 6.07) is 6.90. The van der Waals surface area contributed by atoms with Gasteiger partial charge in [-0.3, -0.25) is 0 Å². The quantitative estimate of drug-likeness (QED) is 0.631. The number of rotatable bonds is 4. The van der Waals surface area contributed by atoms with Crippen molar-refractivity contribution in [2.75, 3.05) is 0 Å². The van der Waals surface area contributed by atoms with Crippen LogP contribution in [0, 0.1) is 5.92 Å². The minimum absolute atomic E-state index is 0.584. The Labute approximate surface area is 107 Å². The highest BCUT2D eigenvalue weighted by atomic mass is 14.1. The van der Waals surface area contributed by atoms with E-state index < -0.39 is 0 Å². The highest BCUT2D eigenvalue weighted by molar-refractivity contribution is 5.56.